The van der Waals surface area contributed by atoms with Crippen LogP contribution in [0, 0.1) is 6.92 Å². The molecule has 3 rings (SSSR count). The molecule has 3 heterocycles. The molecule has 0 aliphatic carbocycles. The Kier molecular flexibility index (Phi) is 7.12. The molecule has 0 spiro atoms. The Morgan fingerprint density at radius 1 is 1.34 bits per heavy atom. The molecule has 174 valence electrons. The minimum absolute atomic E-state index is 0.0743. The lowest BCUT2D eigenvalue weighted by Gasteiger charge is -2.34. The molecule has 1 aliphatic heterocycles. The number of piperidine rings is 1. The highest BCUT2D eigenvalue weighted by Crippen LogP contribution is 2.31. The lowest BCUT2D eigenvalue weighted by Crippen LogP contribution is -2.43. The fourth-order valence-corrected chi connectivity index (χ4v) is 3.90. The number of hydrogen-bond donors (Lipinski definition) is 2. The van der Waals surface area contributed by atoms with Crippen molar-refractivity contribution < 1.29 is 8.78 Å². The summed E-state index contributed by atoms with van der Waals surface area (Å²) in [4.78, 5) is 18.7. The molecule has 0 bridgehead atoms. The van der Waals surface area contributed by atoms with Crippen molar-refractivity contribution in [2.45, 2.75) is 52.0 Å². The van der Waals surface area contributed by atoms with Gasteiger partial charge in [-0.1, -0.05) is 13.3 Å². The molecule has 0 radical (unpaired) electrons. The number of aromatic nitrogens is 3. The third-order valence-electron chi connectivity index (χ3n) is 5.57. The maximum absolute atomic E-state index is 13.8. The fourth-order valence-electron chi connectivity index (χ4n) is 3.90. The molecule has 0 unspecified atom stereocenters. The van der Waals surface area contributed by atoms with E-state index in [0.717, 1.165) is 18.4 Å². The predicted molar refractivity (Wildman–Crippen MR) is 121 cm³/mol. The topological polar surface area (TPSA) is 106 Å². The maximum Gasteiger partial charge on any atom is 0.267 e. The maximum atomic E-state index is 13.8. The quantitative estimate of drug-likeness (QED) is 0.495. The molecule has 0 atom stereocenters. The molecule has 0 amide bonds. The molecule has 2 aromatic heterocycles. The van der Waals surface area contributed by atoms with Gasteiger partial charge >= 0.3 is 0 Å². The zero-order valence-electron chi connectivity index (χ0n) is 18.8. The molecule has 1 aliphatic rings. The average Bonchev–Trinajstić information content (AvgIpc) is 2.72. The lowest BCUT2D eigenvalue weighted by atomic mass is 10.1. The first-order valence-electron chi connectivity index (χ1n) is 10.7. The normalized spacial score (nSPS) is 16.6. The molecule has 0 saturated carbocycles. The van der Waals surface area contributed by atoms with Gasteiger partial charge in [-0.15, -0.1) is 0 Å². The van der Waals surface area contributed by atoms with Crippen molar-refractivity contribution in [3.05, 3.63) is 57.4 Å². The fraction of sp³-hybridized carbons (Fsp3) is 0.500. The van der Waals surface area contributed by atoms with Gasteiger partial charge in [0.15, 0.2) is 0 Å². The third-order valence-corrected chi connectivity index (χ3v) is 5.57. The van der Waals surface area contributed by atoms with Crippen LogP contribution < -0.4 is 22.0 Å². The molecule has 4 N–H and O–H groups in total. The van der Waals surface area contributed by atoms with E-state index in [2.05, 4.69) is 10.1 Å². The number of alkyl halides is 2. The number of nitrogens with zero attached hydrogens (tertiary/aromatic N) is 5. The van der Waals surface area contributed by atoms with Gasteiger partial charge in [-0.05, 0) is 37.5 Å². The standard InChI is InChI=1S/C22H31F2N7O/c1-4-6-16-11-20(32)31(27-12-16)13-19(29(3)26)21(25)17-7-8-18(15(2)28-17)30-10-5-9-22(23,24)14-30/h7-8,11-12H,4-6,9-10,13-14,25-26H2,1-3H3/b21-19-. The van der Waals surface area contributed by atoms with E-state index in [1.54, 1.807) is 43.3 Å². The second-order valence-electron chi connectivity index (χ2n) is 8.26. The third kappa shape index (κ3) is 5.42. The number of hydrazine groups is 1. The Balaban J connectivity index is 1.89. The van der Waals surface area contributed by atoms with Gasteiger partial charge in [0.05, 0.1) is 47.8 Å². The van der Waals surface area contributed by atoms with Crippen LogP contribution in [0.25, 0.3) is 5.70 Å². The van der Waals surface area contributed by atoms with E-state index in [4.69, 9.17) is 11.6 Å². The van der Waals surface area contributed by atoms with Gasteiger partial charge in [0.25, 0.3) is 11.5 Å². The minimum atomic E-state index is -2.70. The van der Waals surface area contributed by atoms with E-state index < -0.39 is 5.92 Å². The second kappa shape index (κ2) is 9.64. The van der Waals surface area contributed by atoms with Crippen LogP contribution in [-0.4, -0.2) is 45.8 Å². The highest BCUT2D eigenvalue weighted by molar-refractivity contribution is 5.65. The van der Waals surface area contributed by atoms with Crippen molar-refractivity contribution in [1.29, 1.82) is 0 Å². The Hall–Kier alpha value is -3.01. The first-order valence-corrected chi connectivity index (χ1v) is 10.7. The highest BCUT2D eigenvalue weighted by Gasteiger charge is 2.35. The van der Waals surface area contributed by atoms with Crippen LogP contribution >= 0.6 is 0 Å². The van der Waals surface area contributed by atoms with Crippen LogP contribution in [0.4, 0.5) is 14.5 Å². The first kappa shape index (κ1) is 23.6. The summed E-state index contributed by atoms with van der Waals surface area (Å²) in [6.45, 7) is 4.11. The van der Waals surface area contributed by atoms with E-state index in [-0.39, 0.29) is 25.1 Å². The van der Waals surface area contributed by atoms with Gasteiger partial charge in [-0.2, -0.15) is 5.10 Å². The summed E-state index contributed by atoms with van der Waals surface area (Å²) in [5.41, 5.74) is 9.48. The van der Waals surface area contributed by atoms with Crippen molar-refractivity contribution >= 4 is 11.4 Å². The summed E-state index contributed by atoms with van der Waals surface area (Å²) < 4.78 is 29.0. The molecule has 1 fully saturated rings. The largest absolute Gasteiger partial charge is 0.395 e. The number of rotatable bonds is 7. The van der Waals surface area contributed by atoms with Crippen LogP contribution in [-0.2, 0) is 13.0 Å². The Labute approximate surface area is 186 Å². The zero-order chi connectivity index (χ0) is 23.5. The monoisotopic (exact) mass is 447 g/mol. The molecule has 32 heavy (non-hydrogen) atoms. The molecule has 1 saturated heterocycles. The number of hydrogen-bond acceptors (Lipinski definition) is 7. The minimum Gasteiger partial charge on any atom is -0.395 e. The Morgan fingerprint density at radius 2 is 2.09 bits per heavy atom. The second-order valence-corrected chi connectivity index (χ2v) is 8.26. The molecule has 10 heteroatoms. The Bertz CT molecular complexity index is 1050. The highest BCUT2D eigenvalue weighted by atomic mass is 19.3. The predicted octanol–water partition coefficient (Wildman–Crippen LogP) is 2.27. The summed E-state index contributed by atoms with van der Waals surface area (Å²) in [6, 6.07) is 5.00. The van der Waals surface area contributed by atoms with Crippen molar-refractivity contribution in [2.75, 3.05) is 25.0 Å². The van der Waals surface area contributed by atoms with E-state index in [1.807, 2.05) is 6.92 Å². The van der Waals surface area contributed by atoms with Crippen LogP contribution in [0.15, 0.2) is 34.9 Å². The summed E-state index contributed by atoms with van der Waals surface area (Å²) in [7, 11) is 1.62. The van der Waals surface area contributed by atoms with Crippen molar-refractivity contribution in [3.63, 3.8) is 0 Å². The summed E-state index contributed by atoms with van der Waals surface area (Å²) in [5.74, 6) is 3.29. The Morgan fingerprint density at radius 3 is 2.69 bits per heavy atom. The molecular weight excluding hydrogens is 416 g/mol. The van der Waals surface area contributed by atoms with E-state index in [0.29, 0.717) is 41.4 Å². The molecular formula is C22H31F2N7O. The first-order chi connectivity index (χ1) is 15.1. The van der Waals surface area contributed by atoms with Gasteiger partial charge in [0, 0.05) is 26.1 Å². The summed E-state index contributed by atoms with van der Waals surface area (Å²) in [5, 5.41) is 5.57. The van der Waals surface area contributed by atoms with Gasteiger partial charge in [-0.3, -0.25) is 4.79 Å². The van der Waals surface area contributed by atoms with Crippen LogP contribution in [0.2, 0.25) is 0 Å². The van der Waals surface area contributed by atoms with Crippen molar-refractivity contribution in [2.24, 2.45) is 11.6 Å². The molecule has 8 nitrogen and oxygen atoms in total. The average molecular weight is 448 g/mol. The molecule has 0 aromatic carbocycles. The van der Waals surface area contributed by atoms with Gasteiger partial charge in [-0.25, -0.2) is 24.3 Å². The van der Waals surface area contributed by atoms with Crippen LogP contribution in [0.1, 0.15) is 43.1 Å². The van der Waals surface area contributed by atoms with Gasteiger partial charge < -0.3 is 15.6 Å². The zero-order valence-corrected chi connectivity index (χ0v) is 18.8. The molecule has 2 aromatic rings. The van der Waals surface area contributed by atoms with E-state index in [9.17, 15) is 13.6 Å². The number of likely N-dealkylation sites (N-methyl/N-ethyl adjacent to an activating group) is 1. The van der Waals surface area contributed by atoms with Gasteiger partial charge in [0.2, 0.25) is 0 Å². The van der Waals surface area contributed by atoms with Gasteiger partial charge in [0.1, 0.15) is 0 Å². The number of aryl methyl sites for hydroxylation is 2. The van der Waals surface area contributed by atoms with Crippen molar-refractivity contribution in [1.82, 2.24) is 19.8 Å². The number of nitrogens with two attached hydrogens (primary N) is 2. The number of pyridine rings is 1. The van der Waals surface area contributed by atoms with Crippen LogP contribution in [0.5, 0.6) is 0 Å². The van der Waals surface area contributed by atoms with Crippen LogP contribution in [0.3, 0.4) is 0 Å². The van der Waals surface area contributed by atoms with Crippen molar-refractivity contribution in [3.8, 4) is 0 Å². The van der Waals surface area contributed by atoms with E-state index >= 15 is 0 Å². The number of halogens is 2. The number of anilines is 1. The smallest absolute Gasteiger partial charge is 0.267 e. The SMILES string of the molecule is CCCc1cnn(C/C(=C(/N)c2ccc(N3CCCC(F)(F)C3)c(C)n2)N(C)N)c(=O)c1. The summed E-state index contributed by atoms with van der Waals surface area (Å²) in [6.07, 6.45) is 3.70. The summed E-state index contributed by atoms with van der Waals surface area (Å²) >= 11 is 0. The lowest BCUT2D eigenvalue weighted by molar-refractivity contribution is -0.0117. The number of allylic oxidation sites excluding steroid dienone is 1. The van der Waals surface area contributed by atoms with E-state index in [1.165, 1.54) is 9.69 Å².